The van der Waals surface area contributed by atoms with Crippen molar-refractivity contribution in [1.82, 2.24) is 10.2 Å². The van der Waals surface area contributed by atoms with E-state index in [1.807, 2.05) is 11.4 Å². The molecular formula is C19H22N2O5S. The Kier molecular flexibility index (Phi) is 6.28. The molecule has 0 unspecified atom stereocenters. The fourth-order valence-electron chi connectivity index (χ4n) is 3.02. The number of carbonyl (C=O) groups is 3. The number of thiophene rings is 1. The van der Waals surface area contributed by atoms with E-state index in [0.29, 0.717) is 36.6 Å². The van der Waals surface area contributed by atoms with Crippen molar-refractivity contribution in [1.29, 1.82) is 0 Å². The molecule has 0 bridgehead atoms. The zero-order valence-electron chi connectivity index (χ0n) is 15.1. The van der Waals surface area contributed by atoms with Crippen molar-refractivity contribution in [2.45, 2.75) is 25.8 Å². The minimum atomic E-state index is -0.390. The van der Waals surface area contributed by atoms with Gasteiger partial charge in [0.25, 0.3) is 11.8 Å². The molecule has 8 heteroatoms. The highest BCUT2D eigenvalue weighted by Gasteiger charge is 2.29. The molecule has 0 aromatic carbocycles. The Hall–Kier alpha value is -2.61. The van der Waals surface area contributed by atoms with Crippen molar-refractivity contribution in [3.63, 3.8) is 0 Å². The lowest BCUT2D eigenvalue weighted by atomic mass is 9.97. The summed E-state index contributed by atoms with van der Waals surface area (Å²) < 4.78 is 10.4. The predicted molar refractivity (Wildman–Crippen MR) is 99.2 cm³/mol. The topological polar surface area (TPSA) is 88.9 Å². The number of hydrogen-bond acceptors (Lipinski definition) is 6. The number of hydrogen-bond donors (Lipinski definition) is 1. The Morgan fingerprint density at radius 1 is 1.30 bits per heavy atom. The van der Waals surface area contributed by atoms with Crippen LogP contribution in [0.25, 0.3) is 0 Å². The van der Waals surface area contributed by atoms with Crippen LogP contribution in [0.5, 0.6) is 0 Å². The predicted octanol–water partition coefficient (Wildman–Crippen LogP) is 2.61. The number of amides is 2. The van der Waals surface area contributed by atoms with Gasteiger partial charge in [-0.2, -0.15) is 0 Å². The molecule has 2 aromatic rings. The third-order valence-corrected chi connectivity index (χ3v) is 5.40. The largest absolute Gasteiger partial charge is 0.467 e. The van der Waals surface area contributed by atoms with Gasteiger partial charge in [-0.25, -0.2) is 0 Å². The molecule has 0 saturated carbocycles. The van der Waals surface area contributed by atoms with Crippen LogP contribution in [0.2, 0.25) is 0 Å². The fourth-order valence-corrected chi connectivity index (χ4v) is 3.71. The van der Waals surface area contributed by atoms with E-state index in [2.05, 4.69) is 5.32 Å². The van der Waals surface area contributed by atoms with Gasteiger partial charge in [-0.05, 0) is 43.3 Å². The summed E-state index contributed by atoms with van der Waals surface area (Å²) in [6.07, 6.45) is 2.62. The molecular weight excluding hydrogens is 368 g/mol. The van der Waals surface area contributed by atoms with Gasteiger partial charge in [0.15, 0.2) is 6.61 Å². The SMILES string of the molecule is C[C@H](NC(=O)COC(=O)C1CCN(C(=O)c2cccs2)CC1)c1ccco1. The van der Waals surface area contributed by atoms with Crippen molar-refractivity contribution in [3.8, 4) is 0 Å². The number of nitrogens with one attached hydrogen (secondary N) is 1. The van der Waals surface area contributed by atoms with Gasteiger partial charge in [0, 0.05) is 13.1 Å². The Balaban J connectivity index is 1.39. The van der Waals surface area contributed by atoms with Crippen molar-refractivity contribution >= 4 is 29.1 Å². The van der Waals surface area contributed by atoms with Crippen molar-refractivity contribution in [2.24, 2.45) is 5.92 Å². The average molecular weight is 390 g/mol. The van der Waals surface area contributed by atoms with Crippen LogP contribution < -0.4 is 5.32 Å². The highest BCUT2D eigenvalue weighted by Crippen LogP contribution is 2.21. The maximum absolute atomic E-state index is 12.3. The number of esters is 1. The smallest absolute Gasteiger partial charge is 0.309 e. The lowest BCUT2D eigenvalue weighted by Gasteiger charge is -2.30. The molecule has 1 N–H and O–H groups in total. The van der Waals surface area contributed by atoms with E-state index in [1.54, 1.807) is 30.0 Å². The molecule has 2 amide bonds. The van der Waals surface area contributed by atoms with Gasteiger partial charge < -0.3 is 19.4 Å². The second kappa shape index (κ2) is 8.85. The molecule has 2 aromatic heterocycles. The molecule has 1 aliphatic rings. The van der Waals surface area contributed by atoms with Crippen molar-refractivity contribution in [2.75, 3.05) is 19.7 Å². The van der Waals surface area contributed by atoms with E-state index in [4.69, 9.17) is 9.15 Å². The normalized spacial score (nSPS) is 16.0. The van der Waals surface area contributed by atoms with E-state index < -0.39 is 0 Å². The van der Waals surface area contributed by atoms with Crippen LogP contribution >= 0.6 is 11.3 Å². The van der Waals surface area contributed by atoms with Crippen LogP contribution in [0.15, 0.2) is 40.3 Å². The molecule has 1 aliphatic heterocycles. The van der Waals surface area contributed by atoms with E-state index >= 15 is 0 Å². The molecule has 7 nitrogen and oxygen atoms in total. The second-order valence-corrected chi connectivity index (χ2v) is 7.40. The summed E-state index contributed by atoms with van der Waals surface area (Å²) in [5.41, 5.74) is 0. The molecule has 0 aliphatic carbocycles. The maximum Gasteiger partial charge on any atom is 0.309 e. The van der Waals surface area contributed by atoms with E-state index in [1.165, 1.54) is 17.6 Å². The van der Waals surface area contributed by atoms with Gasteiger partial charge in [-0.15, -0.1) is 11.3 Å². The first kappa shape index (κ1) is 19.2. The van der Waals surface area contributed by atoms with Crippen LogP contribution in [-0.2, 0) is 14.3 Å². The maximum atomic E-state index is 12.3. The summed E-state index contributed by atoms with van der Waals surface area (Å²) in [7, 11) is 0. The molecule has 3 rings (SSSR count). The summed E-state index contributed by atoms with van der Waals surface area (Å²) >= 11 is 1.41. The van der Waals surface area contributed by atoms with Crippen molar-refractivity contribution in [3.05, 3.63) is 46.5 Å². The lowest BCUT2D eigenvalue weighted by molar-refractivity contribution is -0.154. The number of carbonyl (C=O) groups excluding carboxylic acids is 3. The van der Waals surface area contributed by atoms with Crippen LogP contribution in [0.4, 0.5) is 0 Å². The first-order valence-electron chi connectivity index (χ1n) is 8.86. The standard InChI is InChI=1S/C19H22N2O5S/c1-13(15-4-2-10-25-15)20-17(22)12-26-19(24)14-6-8-21(9-7-14)18(23)16-5-3-11-27-16/h2-5,10-11,13-14H,6-9,12H2,1H3,(H,20,22)/t13-/m0/s1. The molecule has 27 heavy (non-hydrogen) atoms. The molecule has 144 valence electrons. The van der Waals surface area contributed by atoms with Gasteiger partial charge in [0.1, 0.15) is 5.76 Å². The molecule has 1 saturated heterocycles. The molecule has 3 heterocycles. The van der Waals surface area contributed by atoms with E-state index in [-0.39, 0.29) is 36.4 Å². The number of likely N-dealkylation sites (tertiary alicyclic amines) is 1. The zero-order valence-corrected chi connectivity index (χ0v) is 15.9. The van der Waals surface area contributed by atoms with Crippen LogP contribution in [0.3, 0.4) is 0 Å². The minimum absolute atomic E-state index is 0.00288. The second-order valence-electron chi connectivity index (χ2n) is 6.46. The third kappa shape index (κ3) is 4.97. The Morgan fingerprint density at radius 3 is 2.70 bits per heavy atom. The Labute approximate surface area is 161 Å². The number of nitrogens with zero attached hydrogens (tertiary/aromatic N) is 1. The molecule has 1 fully saturated rings. The number of furan rings is 1. The van der Waals surface area contributed by atoms with Crippen LogP contribution in [0, 0.1) is 5.92 Å². The van der Waals surface area contributed by atoms with Gasteiger partial charge in [-0.1, -0.05) is 6.07 Å². The first-order valence-corrected chi connectivity index (χ1v) is 9.74. The number of rotatable bonds is 6. The molecule has 0 radical (unpaired) electrons. The van der Waals surface area contributed by atoms with Gasteiger partial charge in [0.2, 0.25) is 0 Å². The summed E-state index contributed by atoms with van der Waals surface area (Å²) in [6, 6.07) is 6.86. The van der Waals surface area contributed by atoms with Crippen LogP contribution in [-0.4, -0.2) is 42.4 Å². The molecule has 0 spiro atoms. The summed E-state index contributed by atoms with van der Waals surface area (Å²) in [5.74, 6) is -0.412. The number of ether oxygens (including phenoxy) is 1. The summed E-state index contributed by atoms with van der Waals surface area (Å²) in [5, 5.41) is 4.59. The zero-order chi connectivity index (χ0) is 19.2. The highest BCUT2D eigenvalue weighted by molar-refractivity contribution is 7.12. The highest BCUT2D eigenvalue weighted by atomic mass is 32.1. The van der Waals surface area contributed by atoms with E-state index in [9.17, 15) is 14.4 Å². The Bertz CT molecular complexity index is 764. The monoisotopic (exact) mass is 390 g/mol. The Morgan fingerprint density at radius 2 is 2.07 bits per heavy atom. The van der Waals surface area contributed by atoms with Crippen LogP contribution in [0.1, 0.15) is 41.2 Å². The summed E-state index contributed by atoms with van der Waals surface area (Å²) in [6.45, 7) is 2.49. The van der Waals surface area contributed by atoms with Gasteiger partial charge >= 0.3 is 5.97 Å². The van der Waals surface area contributed by atoms with Gasteiger partial charge in [-0.3, -0.25) is 14.4 Å². The quantitative estimate of drug-likeness (QED) is 0.766. The fraction of sp³-hybridized carbons (Fsp3) is 0.421. The average Bonchev–Trinajstić information content (AvgIpc) is 3.39. The third-order valence-electron chi connectivity index (χ3n) is 4.54. The number of piperidine rings is 1. The molecule has 1 atom stereocenters. The summed E-state index contributed by atoms with van der Waals surface area (Å²) in [4.78, 5) is 38.9. The van der Waals surface area contributed by atoms with Gasteiger partial charge in [0.05, 0.1) is 23.1 Å². The lowest BCUT2D eigenvalue weighted by Crippen LogP contribution is -2.41. The van der Waals surface area contributed by atoms with E-state index in [0.717, 1.165) is 0 Å². The first-order chi connectivity index (χ1) is 13.0. The minimum Gasteiger partial charge on any atom is -0.467 e. The van der Waals surface area contributed by atoms with Crippen molar-refractivity contribution < 1.29 is 23.5 Å².